The fourth-order valence-electron chi connectivity index (χ4n) is 2.06. The van der Waals surface area contributed by atoms with Crippen LogP contribution < -0.4 is 4.90 Å². The van der Waals surface area contributed by atoms with Gasteiger partial charge >= 0.3 is 0 Å². The quantitative estimate of drug-likeness (QED) is 0.769. The molecule has 1 aromatic rings. The number of para-hydroxylation sites is 1. The number of anilines is 1. The van der Waals surface area contributed by atoms with Crippen LogP contribution >= 0.6 is 0 Å². The molecule has 0 saturated carbocycles. The molecule has 0 amide bonds. The number of nitrogens with zero attached hydrogens (tertiary/aromatic N) is 2. The van der Waals surface area contributed by atoms with Gasteiger partial charge < -0.3 is 14.7 Å². The first-order valence-electron chi connectivity index (χ1n) is 5.81. The van der Waals surface area contributed by atoms with Gasteiger partial charge in [0.1, 0.15) is 5.84 Å². The molecule has 1 heterocycles. The van der Waals surface area contributed by atoms with Gasteiger partial charge in [-0.2, -0.15) is 0 Å². The number of hydrogen-bond donors (Lipinski definition) is 1. The molecule has 0 fully saturated rings. The second kappa shape index (κ2) is 8.66. The number of aliphatic hydroxyl groups excluding tert-OH is 1. The number of rotatable bonds is 0. The molecule has 0 aliphatic carbocycles. The number of amidine groups is 1. The normalized spacial score (nSPS) is 18.5. The summed E-state index contributed by atoms with van der Waals surface area (Å²) in [5.41, 5.74) is 2.67. The first-order valence-corrected chi connectivity index (χ1v) is 5.81. The lowest BCUT2D eigenvalue weighted by atomic mass is 10.0. The van der Waals surface area contributed by atoms with Crippen molar-refractivity contribution >= 4 is 11.5 Å². The van der Waals surface area contributed by atoms with Crippen molar-refractivity contribution in [2.24, 2.45) is 4.99 Å². The molecule has 0 bridgehead atoms. The van der Waals surface area contributed by atoms with Gasteiger partial charge in [-0.1, -0.05) is 25.1 Å². The second-order valence-electron chi connectivity index (χ2n) is 3.83. The molecule has 4 nitrogen and oxygen atoms in total. The van der Waals surface area contributed by atoms with E-state index in [9.17, 15) is 0 Å². The lowest BCUT2D eigenvalue weighted by molar-refractivity contribution is 0.277. The maximum atomic E-state index is 7.00. The SMILES string of the molecule is CN=C1C(C)c2ccccc2N1C.CO.COC. The number of fused-ring (bicyclic) bond motifs is 1. The van der Waals surface area contributed by atoms with Crippen LogP contribution in [0.2, 0.25) is 0 Å². The van der Waals surface area contributed by atoms with E-state index in [0.29, 0.717) is 5.92 Å². The van der Waals surface area contributed by atoms with Gasteiger partial charge in [0.05, 0.1) is 0 Å². The average molecular weight is 252 g/mol. The summed E-state index contributed by atoms with van der Waals surface area (Å²) in [5.74, 6) is 1.59. The standard InChI is InChI=1S/C11H14N2.C2H6O.CH4O/c1-8-9-6-4-5-7-10(9)13(3)11(8)12-2;1-3-2;1-2/h4-8H,1-3H3;1-2H3;2H,1H3. The van der Waals surface area contributed by atoms with Gasteiger partial charge in [-0.05, 0) is 11.6 Å². The fraction of sp³-hybridized carbons (Fsp3) is 0.500. The van der Waals surface area contributed by atoms with Gasteiger partial charge in [0.2, 0.25) is 0 Å². The molecule has 1 unspecified atom stereocenters. The van der Waals surface area contributed by atoms with Crippen LogP contribution in [0.25, 0.3) is 0 Å². The Bertz CT molecular complexity index is 347. The Hall–Kier alpha value is -1.39. The van der Waals surface area contributed by atoms with Crippen molar-refractivity contribution in [1.82, 2.24) is 0 Å². The zero-order valence-corrected chi connectivity index (χ0v) is 12.1. The molecule has 1 aliphatic heterocycles. The molecule has 18 heavy (non-hydrogen) atoms. The molecule has 0 radical (unpaired) electrons. The summed E-state index contributed by atoms with van der Waals surface area (Å²) in [7, 11) is 8.18. The van der Waals surface area contributed by atoms with Crippen LogP contribution in [-0.2, 0) is 4.74 Å². The minimum absolute atomic E-state index is 0.436. The largest absolute Gasteiger partial charge is 0.400 e. The molecule has 1 atom stereocenters. The zero-order valence-electron chi connectivity index (χ0n) is 12.1. The van der Waals surface area contributed by atoms with Gasteiger partial charge in [-0.3, -0.25) is 4.99 Å². The summed E-state index contributed by atoms with van der Waals surface area (Å²) in [6.45, 7) is 2.20. The zero-order chi connectivity index (χ0) is 14.1. The molecule has 102 valence electrons. The number of hydrogen-bond acceptors (Lipinski definition) is 3. The summed E-state index contributed by atoms with van der Waals surface area (Å²) < 4.78 is 4.25. The van der Waals surface area contributed by atoms with Gasteiger partial charge in [0.15, 0.2) is 0 Å². The number of likely N-dealkylation sites (N-methyl/N-ethyl adjacent to an activating group) is 1. The molecular formula is C14H24N2O2. The molecule has 0 saturated heterocycles. The average Bonchev–Trinajstić information content (AvgIpc) is 2.66. The molecule has 1 N–H and O–H groups in total. The molecule has 0 spiro atoms. The second-order valence-corrected chi connectivity index (χ2v) is 3.83. The number of aliphatic imine (C=N–C) groups is 1. The highest BCUT2D eigenvalue weighted by Crippen LogP contribution is 2.35. The van der Waals surface area contributed by atoms with Crippen LogP contribution in [0.15, 0.2) is 29.3 Å². The van der Waals surface area contributed by atoms with Crippen LogP contribution in [0.3, 0.4) is 0 Å². The van der Waals surface area contributed by atoms with Crippen molar-refractivity contribution in [2.75, 3.05) is 40.3 Å². The monoisotopic (exact) mass is 252 g/mol. The first-order chi connectivity index (χ1) is 8.67. The maximum absolute atomic E-state index is 7.00. The topological polar surface area (TPSA) is 45.1 Å². The highest BCUT2D eigenvalue weighted by molar-refractivity contribution is 6.07. The molecular weight excluding hydrogens is 228 g/mol. The number of benzene rings is 1. The minimum Gasteiger partial charge on any atom is -0.400 e. The first kappa shape index (κ1) is 16.6. The van der Waals surface area contributed by atoms with E-state index in [1.807, 2.05) is 7.05 Å². The summed E-state index contributed by atoms with van der Waals surface area (Å²) in [4.78, 5) is 6.47. The Morgan fingerprint density at radius 3 is 2.17 bits per heavy atom. The van der Waals surface area contributed by atoms with Crippen molar-refractivity contribution in [1.29, 1.82) is 0 Å². The predicted molar refractivity (Wildman–Crippen MR) is 77.7 cm³/mol. The number of methoxy groups -OCH3 is 1. The van der Waals surface area contributed by atoms with E-state index in [1.165, 1.54) is 11.3 Å². The van der Waals surface area contributed by atoms with E-state index >= 15 is 0 Å². The number of ether oxygens (including phenoxy) is 1. The predicted octanol–water partition coefficient (Wildman–Crippen LogP) is 2.14. The van der Waals surface area contributed by atoms with Crippen molar-refractivity contribution < 1.29 is 9.84 Å². The van der Waals surface area contributed by atoms with E-state index in [-0.39, 0.29) is 0 Å². The van der Waals surface area contributed by atoms with Crippen molar-refractivity contribution in [3.8, 4) is 0 Å². The Balaban J connectivity index is 0.000000509. The van der Waals surface area contributed by atoms with E-state index in [0.717, 1.165) is 12.9 Å². The van der Waals surface area contributed by atoms with Crippen molar-refractivity contribution in [3.05, 3.63) is 29.8 Å². The number of aliphatic hydroxyl groups is 1. The van der Waals surface area contributed by atoms with E-state index in [1.54, 1.807) is 14.2 Å². The summed E-state index contributed by atoms with van der Waals surface area (Å²) in [6, 6.07) is 8.47. The molecule has 2 rings (SSSR count). The summed E-state index contributed by atoms with van der Waals surface area (Å²) in [6.07, 6.45) is 0. The highest BCUT2D eigenvalue weighted by atomic mass is 16.4. The van der Waals surface area contributed by atoms with Gasteiger partial charge in [0.25, 0.3) is 0 Å². The highest BCUT2D eigenvalue weighted by Gasteiger charge is 2.28. The van der Waals surface area contributed by atoms with Crippen LogP contribution in [0.1, 0.15) is 18.4 Å². The van der Waals surface area contributed by atoms with Crippen LogP contribution in [-0.4, -0.2) is 46.4 Å². The third-order valence-electron chi connectivity index (χ3n) is 2.72. The Labute approximate surface area is 110 Å². The van der Waals surface area contributed by atoms with E-state index in [2.05, 4.69) is 52.9 Å². The molecule has 1 aromatic carbocycles. The minimum atomic E-state index is 0.436. The van der Waals surface area contributed by atoms with Crippen molar-refractivity contribution in [2.45, 2.75) is 12.8 Å². The van der Waals surface area contributed by atoms with Gasteiger partial charge in [-0.15, -0.1) is 0 Å². The Kier molecular flexibility index (Phi) is 8.00. The lowest BCUT2D eigenvalue weighted by Gasteiger charge is -2.13. The molecule has 4 heteroatoms. The Morgan fingerprint density at radius 2 is 1.72 bits per heavy atom. The van der Waals surface area contributed by atoms with Gasteiger partial charge in [0, 0.05) is 47.0 Å². The molecule has 1 aliphatic rings. The van der Waals surface area contributed by atoms with Crippen LogP contribution in [0.4, 0.5) is 5.69 Å². The van der Waals surface area contributed by atoms with E-state index < -0.39 is 0 Å². The lowest BCUT2D eigenvalue weighted by Crippen LogP contribution is -2.23. The van der Waals surface area contributed by atoms with Crippen LogP contribution in [0, 0.1) is 0 Å². The smallest absolute Gasteiger partial charge is 0.110 e. The van der Waals surface area contributed by atoms with Gasteiger partial charge in [-0.25, -0.2) is 0 Å². The summed E-state index contributed by atoms with van der Waals surface area (Å²) >= 11 is 0. The summed E-state index contributed by atoms with van der Waals surface area (Å²) in [5, 5.41) is 7.00. The molecule has 0 aromatic heterocycles. The maximum Gasteiger partial charge on any atom is 0.110 e. The third-order valence-corrected chi connectivity index (χ3v) is 2.72. The van der Waals surface area contributed by atoms with Crippen LogP contribution in [0.5, 0.6) is 0 Å². The fourth-order valence-corrected chi connectivity index (χ4v) is 2.06. The Morgan fingerprint density at radius 1 is 1.22 bits per heavy atom. The third kappa shape index (κ3) is 3.55. The van der Waals surface area contributed by atoms with Crippen molar-refractivity contribution in [3.63, 3.8) is 0 Å². The van der Waals surface area contributed by atoms with E-state index in [4.69, 9.17) is 5.11 Å².